The molecule has 1 rings (SSSR count). The Labute approximate surface area is 83.0 Å². The molecule has 0 radical (unpaired) electrons. The summed E-state index contributed by atoms with van der Waals surface area (Å²) in [6.45, 7) is 11.8. The van der Waals surface area contributed by atoms with Gasteiger partial charge in [0, 0.05) is 0 Å². The van der Waals surface area contributed by atoms with Crippen LogP contribution in [-0.2, 0) is 0 Å². The van der Waals surface area contributed by atoms with Gasteiger partial charge in [-0.3, -0.25) is 0 Å². The Kier molecular flexibility index (Phi) is 2.97. The third kappa shape index (κ3) is 2.02. The summed E-state index contributed by atoms with van der Waals surface area (Å²) in [7, 11) is -1.20. The SMILES string of the molecule is Cc1ccccc1[Si](C)(C)C(C)C. The van der Waals surface area contributed by atoms with Crippen molar-refractivity contribution in [2.45, 2.75) is 39.4 Å². The highest BCUT2D eigenvalue weighted by molar-refractivity contribution is 6.91. The maximum Gasteiger partial charge on any atom is 0.0834 e. The molecular weight excluding hydrogens is 172 g/mol. The van der Waals surface area contributed by atoms with Gasteiger partial charge in [0.15, 0.2) is 0 Å². The summed E-state index contributed by atoms with van der Waals surface area (Å²) >= 11 is 0. The molecule has 0 bridgehead atoms. The molecule has 0 heterocycles. The fourth-order valence-electron chi connectivity index (χ4n) is 1.61. The van der Waals surface area contributed by atoms with Crippen LogP contribution in [0.2, 0.25) is 18.6 Å². The minimum Gasteiger partial charge on any atom is -0.0652 e. The molecular formula is C12H20Si. The van der Waals surface area contributed by atoms with Crippen LogP contribution in [0.15, 0.2) is 24.3 Å². The van der Waals surface area contributed by atoms with Gasteiger partial charge in [0.2, 0.25) is 0 Å². The van der Waals surface area contributed by atoms with Gasteiger partial charge in [-0.2, -0.15) is 0 Å². The van der Waals surface area contributed by atoms with Gasteiger partial charge in [-0.25, -0.2) is 0 Å². The molecule has 0 saturated heterocycles. The van der Waals surface area contributed by atoms with E-state index in [0.717, 1.165) is 5.54 Å². The van der Waals surface area contributed by atoms with E-state index in [-0.39, 0.29) is 0 Å². The van der Waals surface area contributed by atoms with Crippen LogP contribution >= 0.6 is 0 Å². The molecule has 0 N–H and O–H groups in total. The third-order valence-corrected chi connectivity index (χ3v) is 8.12. The number of rotatable bonds is 2. The van der Waals surface area contributed by atoms with E-state index in [1.165, 1.54) is 5.56 Å². The first-order chi connectivity index (χ1) is 5.96. The second-order valence-electron chi connectivity index (χ2n) is 4.69. The lowest BCUT2D eigenvalue weighted by Gasteiger charge is -2.29. The zero-order valence-corrected chi connectivity index (χ0v) is 10.4. The lowest BCUT2D eigenvalue weighted by atomic mass is 10.2. The van der Waals surface area contributed by atoms with Gasteiger partial charge in [-0.1, -0.05) is 62.0 Å². The van der Waals surface area contributed by atoms with Gasteiger partial charge in [0.25, 0.3) is 0 Å². The maximum atomic E-state index is 2.46. The molecule has 0 nitrogen and oxygen atoms in total. The number of hydrogen-bond donors (Lipinski definition) is 0. The smallest absolute Gasteiger partial charge is 0.0652 e. The number of aryl methyl sites for hydroxylation is 1. The predicted octanol–water partition coefficient (Wildman–Crippen LogP) is 3.32. The lowest BCUT2D eigenvalue weighted by molar-refractivity contribution is 1.02. The van der Waals surface area contributed by atoms with Crippen LogP contribution in [0.3, 0.4) is 0 Å². The molecule has 1 aromatic rings. The largest absolute Gasteiger partial charge is 0.0834 e. The van der Waals surface area contributed by atoms with Crippen LogP contribution < -0.4 is 5.19 Å². The Hall–Kier alpha value is -0.563. The third-order valence-electron chi connectivity index (χ3n) is 3.28. The fraction of sp³-hybridized carbons (Fsp3) is 0.500. The van der Waals surface area contributed by atoms with Crippen LogP contribution in [0, 0.1) is 6.92 Å². The van der Waals surface area contributed by atoms with E-state index in [4.69, 9.17) is 0 Å². The summed E-state index contributed by atoms with van der Waals surface area (Å²) < 4.78 is 0. The molecule has 0 aliphatic heterocycles. The molecule has 0 amide bonds. The van der Waals surface area contributed by atoms with Crippen LogP contribution in [-0.4, -0.2) is 8.07 Å². The van der Waals surface area contributed by atoms with E-state index < -0.39 is 8.07 Å². The monoisotopic (exact) mass is 192 g/mol. The molecule has 0 fully saturated rings. The topological polar surface area (TPSA) is 0 Å². The molecule has 0 saturated carbocycles. The van der Waals surface area contributed by atoms with Crippen LogP contribution in [0.5, 0.6) is 0 Å². The molecule has 0 spiro atoms. The first-order valence-electron chi connectivity index (χ1n) is 5.02. The zero-order chi connectivity index (χ0) is 10.1. The van der Waals surface area contributed by atoms with Gasteiger partial charge in [-0.05, 0) is 12.5 Å². The molecule has 0 aliphatic rings. The van der Waals surface area contributed by atoms with Crippen LogP contribution in [0.1, 0.15) is 19.4 Å². The van der Waals surface area contributed by atoms with Crippen molar-refractivity contribution < 1.29 is 0 Å². The summed E-state index contributed by atoms with van der Waals surface area (Å²) in [5.74, 6) is 0. The van der Waals surface area contributed by atoms with Gasteiger partial charge in [0.1, 0.15) is 0 Å². The highest BCUT2D eigenvalue weighted by Crippen LogP contribution is 2.21. The average Bonchev–Trinajstić information content (AvgIpc) is 2.04. The number of benzene rings is 1. The Morgan fingerprint density at radius 1 is 1.08 bits per heavy atom. The second-order valence-corrected chi connectivity index (χ2v) is 9.83. The summed E-state index contributed by atoms with van der Waals surface area (Å²) in [6, 6.07) is 8.83. The first-order valence-corrected chi connectivity index (χ1v) is 8.10. The van der Waals surface area contributed by atoms with Crippen LogP contribution in [0.25, 0.3) is 0 Å². The molecule has 0 unspecified atom stereocenters. The molecule has 13 heavy (non-hydrogen) atoms. The van der Waals surface area contributed by atoms with Crippen molar-refractivity contribution in [1.29, 1.82) is 0 Å². The quantitative estimate of drug-likeness (QED) is 0.631. The normalized spacial score (nSPS) is 12.2. The predicted molar refractivity (Wildman–Crippen MR) is 63.4 cm³/mol. The Balaban J connectivity index is 3.14. The van der Waals surface area contributed by atoms with E-state index in [2.05, 4.69) is 58.1 Å². The van der Waals surface area contributed by atoms with Gasteiger partial charge in [-0.15, -0.1) is 0 Å². The average molecular weight is 192 g/mol. The van der Waals surface area contributed by atoms with Crippen molar-refractivity contribution in [2.24, 2.45) is 0 Å². The highest BCUT2D eigenvalue weighted by Gasteiger charge is 2.28. The molecule has 0 atom stereocenters. The maximum absolute atomic E-state index is 2.46. The van der Waals surface area contributed by atoms with E-state index in [0.29, 0.717) is 0 Å². The second kappa shape index (κ2) is 3.67. The molecule has 0 aromatic heterocycles. The van der Waals surface area contributed by atoms with Crippen molar-refractivity contribution in [3.63, 3.8) is 0 Å². The number of hydrogen-bond acceptors (Lipinski definition) is 0. The van der Waals surface area contributed by atoms with Crippen molar-refractivity contribution >= 4 is 13.3 Å². The Morgan fingerprint density at radius 2 is 1.62 bits per heavy atom. The lowest BCUT2D eigenvalue weighted by Crippen LogP contribution is -2.45. The summed E-state index contributed by atoms with van der Waals surface area (Å²) in [6.07, 6.45) is 0. The fourth-order valence-corrected chi connectivity index (χ4v) is 3.85. The van der Waals surface area contributed by atoms with Gasteiger partial charge >= 0.3 is 0 Å². The molecule has 72 valence electrons. The molecule has 1 heteroatoms. The van der Waals surface area contributed by atoms with Crippen molar-refractivity contribution in [3.8, 4) is 0 Å². The minimum absolute atomic E-state index is 0.814. The van der Waals surface area contributed by atoms with Gasteiger partial charge in [0.05, 0.1) is 8.07 Å². The van der Waals surface area contributed by atoms with E-state index in [9.17, 15) is 0 Å². The first kappa shape index (κ1) is 10.5. The van der Waals surface area contributed by atoms with Crippen molar-refractivity contribution in [3.05, 3.63) is 29.8 Å². The molecule has 0 aliphatic carbocycles. The van der Waals surface area contributed by atoms with Crippen LogP contribution in [0.4, 0.5) is 0 Å². The molecule has 1 aromatic carbocycles. The highest BCUT2D eigenvalue weighted by atomic mass is 28.3. The minimum atomic E-state index is -1.20. The summed E-state index contributed by atoms with van der Waals surface area (Å²) in [4.78, 5) is 0. The summed E-state index contributed by atoms with van der Waals surface area (Å²) in [5, 5.41) is 1.62. The Morgan fingerprint density at radius 3 is 2.08 bits per heavy atom. The van der Waals surface area contributed by atoms with Crippen molar-refractivity contribution in [1.82, 2.24) is 0 Å². The van der Waals surface area contributed by atoms with E-state index >= 15 is 0 Å². The van der Waals surface area contributed by atoms with Crippen molar-refractivity contribution in [2.75, 3.05) is 0 Å². The summed E-state index contributed by atoms with van der Waals surface area (Å²) in [5.41, 5.74) is 2.28. The standard InChI is InChI=1S/C12H20Si/c1-10(2)13(4,5)12-9-7-6-8-11(12)3/h6-10H,1-5H3. The Bertz CT molecular complexity index is 287. The van der Waals surface area contributed by atoms with E-state index in [1.807, 2.05) is 0 Å². The van der Waals surface area contributed by atoms with Gasteiger partial charge < -0.3 is 0 Å². The van der Waals surface area contributed by atoms with E-state index in [1.54, 1.807) is 5.19 Å². The zero-order valence-electron chi connectivity index (χ0n) is 9.39.